The number of nitrogens with one attached hydrogen (secondary N) is 1. The minimum atomic E-state index is 0.827. The summed E-state index contributed by atoms with van der Waals surface area (Å²) in [4.78, 5) is 0. The number of nitrogens with zero attached hydrogens (tertiary/aromatic N) is 3. The Labute approximate surface area is 99.4 Å². The Morgan fingerprint density at radius 2 is 2.18 bits per heavy atom. The molecule has 1 aliphatic heterocycles. The van der Waals surface area contributed by atoms with E-state index in [2.05, 4.69) is 20.1 Å². The van der Waals surface area contributed by atoms with Crippen LogP contribution >= 0.6 is 0 Å². The molecule has 5 nitrogen and oxygen atoms in total. The molecule has 2 heterocycles. The van der Waals surface area contributed by atoms with Crippen molar-refractivity contribution in [2.75, 3.05) is 19.0 Å². The van der Waals surface area contributed by atoms with Crippen LogP contribution in [0.1, 0.15) is 6.42 Å². The van der Waals surface area contributed by atoms with Crippen molar-refractivity contribution in [1.82, 2.24) is 14.8 Å². The number of methoxy groups -OCH3 is 1. The van der Waals surface area contributed by atoms with E-state index in [0.717, 1.165) is 42.6 Å². The van der Waals surface area contributed by atoms with Crippen molar-refractivity contribution in [3.8, 4) is 17.1 Å². The molecule has 1 aliphatic rings. The summed E-state index contributed by atoms with van der Waals surface area (Å²) in [6.45, 7) is 1.91. The smallest absolute Gasteiger partial charge is 0.224 e. The van der Waals surface area contributed by atoms with Gasteiger partial charge in [-0.2, -0.15) is 0 Å². The zero-order valence-electron chi connectivity index (χ0n) is 9.68. The van der Waals surface area contributed by atoms with Crippen molar-refractivity contribution in [3.05, 3.63) is 24.3 Å². The van der Waals surface area contributed by atoms with E-state index >= 15 is 0 Å². The Balaban J connectivity index is 2.12. The molecule has 0 unspecified atom stereocenters. The van der Waals surface area contributed by atoms with Crippen LogP contribution in [0.25, 0.3) is 11.4 Å². The summed E-state index contributed by atoms with van der Waals surface area (Å²) in [6.07, 6.45) is 1.09. The summed E-state index contributed by atoms with van der Waals surface area (Å²) < 4.78 is 7.46. The van der Waals surface area contributed by atoms with Gasteiger partial charge >= 0.3 is 0 Å². The lowest BCUT2D eigenvalue weighted by molar-refractivity contribution is 0.415. The third kappa shape index (κ3) is 1.63. The van der Waals surface area contributed by atoms with E-state index < -0.39 is 0 Å². The van der Waals surface area contributed by atoms with Crippen LogP contribution in [-0.2, 0) is 6.54 Å². The lowest BCUT2D eigenvalue weighted by Gasteiger charge is -2.17. The molecular formula is C12H14N4O. The molecule has 0 atom stereocenters. The van der Waals surface area contributed by atoms with Gasteiger partial charge in [0, 0.05) is 13.1 Å². The van der Waals surface area contributed by atoms with Gasteiger partial charge < -0.3 is 10.1 Å². The van der Waals surface area contributed by atoms with Crippen molar-refractivity contribution in [3.63, 3.8) is 0 Å². The predicted molar refractivity (Wildman–Crippen MR) is 65.1 cm³/mol. The van der Waals surface area contributed by atoms with Gasteiger partial charge in [0.15, 0.2) is 5.82 Å². The Bertz CT molecular complexity index is 535. The molecule has 0 radical (unpaired) electrons. The van der Waals surface area contributed by atoms with Crippen LogP contribution in [0, 0.1) is 0 Å². The predicted octanol–water partition coefficient (Wildman–Crippen LogP) is 1.77. The van der Waals surface area contributed by atoms with Crippen LogP contribution in [0.5, 0.6) is 5.75 Å². The second kappa shape index (κ2) is 4.08. The van der Waals surface area contributed by atoms with Crippen LogP contribution < -0.4 is 10.1 Å². The Kier molecular flexibility index (Phi) is 2.44. The molecule has 0 bridgehead atoms. The number of rotatable bonds is 2. The average Bonchev–Trinajstić information content (AvgIpc) is 2.82. The summed E-state index contributed by atoms with van der Waals surface area (Å²) in [7, 11) is 1.67. The lowest BCUT2D eigenvalue weighted by Crippen LogP contribution is -2.17. The maximum atomic E-state index is 5.36. The van der Waals surface area contributed by atoms with Crippen molar-refractivity contribution >= 4 is 5.95 Å². The van der Waals surface area contributed by atoms with E-state index in [1.54, 1.807) is 7.11 Å². The highest BCUT2D eigenvalue weighted by Gasteiger charge is 2.18. The number of anilines is 1. The largest absolute Gasteiger partial charge is 0.496 e. The molecule has 2 aromatic rings. The first-order chi connectivity index (χ1) is 8.40. The number of hydrogen-bond donors (Lipinski definition) is 1. The molecule has 0 saturated heterocycles. The summed E-state index contributed by atoms with van der Waals surface area (Å²) >= 11 is 0. The van der Waals surface area contributed by atoms with E-state index in [0.29, 0.717) is 0 Å². The van der Waals surface area contributed by atoms with Crippen molar-refractivity contribution < 1.29 is 4.74 Å². The van der Waals surface area contributed by atoms with Crippen LogP contribution in [-0.4, -0.2) is 28.4 Å². The Morgan fingerprint density at radius 3 is 3.06 bits per heavy atom. The summed E-state index contributed by atoms with van der Waals surface area (Å²) in [5.74, 6) is 2.54. The summed E-state index contributed by atoms with van der Waals surface area (Å²) in [5.41, 5.74) is 0.984. The third-order valence-corrected chi connectivity index (χ3v) is 2.94. The lowest BCUT2D eigenvalue weighted by atomic mass is 10.2. The minimum Gasteiger partial charge on any atom is -0.496 e. The first kappa shape index (κ1) is 10.1. The molecule has 17 heavy (non-hydrogen) atoms. The topological polar surface area (TPSA) is 52.0 Å². The molecular weight excluding hydrogens is 216 g/mol. The summed E-state index contributed by atoms with van der Waals surface area (Å²) in [5, 5.41) is 11.6. The van der Waals surface area contributed by atoms with E-state index in [4.69, 9.17) is 4.74 Å². The third-order valence-electron chi connectivity index (χ3n) is 2.94. The first-order valence-electron chi connectivity index (χ1n) is 5.70. The fourth-order valence-electron chi connectivity index (χ4n) is 2.11. The monoisotopic (exact) mass is 230 g/mol. The Morgan fingerprint density at radius 1 is 1.29 bits per heavy atom. The summed E-state index contributed by atoms with van der Waals surface area (Å²) in [6, 6.07) is 7.88. The number of aromatic nitrogens is 3. The van der Waals surface area contributed by atoms with Gasteiger partial charge in [-0.3, -0.25) is 4.57 Å². The molecule has 0 aliphatic carbocycles. The highest BCUT2D eigenvalue weighted by molar-refractivity contribution is 5.65. The van der Waals surface area contributed by atoms with Crippen molar-refractivity contribution in [2.45, 2.75) is 13.0 Å². The van der Waals surface area contributed by atoms with E-state index in [1.807, 2.05) is 24.3 Å². The van der Waals surface area contributed by atoms with Crippen molar-refractivity contribution in [1.29, 1.82) is 0 Å². The molecule has 0 spiro atoms. The van der Waals surface area contributed by atoms with Crippen LogP contribution in [0.15, 0.2) is 24.3 Å². The number of hydrogen-bond acceptors (Lipinski definition) is 4. The zero-order valence-corrected chi connectivity index (χ0v) is 9.68. The van der Waals surface area contributed by atoms with Gasteiger partial charge in [0.1, 0.15) is 5.75 Å². The fraction of sp³-hybridized carbons (Fsp3) is 0.333. The maximum Gasteiger partial charge on any atom is 0.224 e. The second-order valence-corrected chi connectivity index (χ2v) is 3.98. The zero-order chi connectivity index (χ0) is 11.7. The standard InChI is InChI=1S/C12H14N4O/c1-17-10-6-3-2-5-9(10)11-14-15-12-13-7-4-8-16(11)12/h2-3,5-6H,4,7-8H2,1H3,(H,13,15). The molecule has 0 saturated carbocycles. The van der Waals surface area contributed by atoms with Crippen LogP contribution in [0.3, 0.4) is 0 Å². The normalized spacial score (nSPS) is 13.9. The van der Waals surface area contributed by atoms with Gasteiger partial charge in [0.25, 0.3) is 0 Å². The highest BCUT2D eigenvalue weighted by atomic mass is 16.5. The van der Waals surface area contributed by atoms with Crippen LogP contribution in [0.4, 0.5) is 5.95 Å². The van der Waals surface area contributed by atoms with Gasteiger partial charge in [-0.1, -0.05) is 12.1 Å². The molecule has 1 aromatic carbocycles. The Hall–Kier alpha value is -2.04. The minimum absolute atomic E-state index is 0.827. The van der Waals surface area contributed by atoms with Gasteiger partial charge in [-0.25, -0.2) is 0 Å². The van der Waals surface area contributed by atoms with Gasteiger partial charge in [-0.05, 0) is 18.6 Å². The molecule has 0 fully saturated rings. The molecule has 1 N–H and O–H groups in total. The van der Waals surface area contributed by atoms with E-state index in [9.17, 15) is 0 Å². The number of fused-ring (bicyclic) bond motifs is 1. The van der Waals surface area contributed by atoms with Crippen molar-refractivity contribution in [2.24, 2.45) is 0 Å². The molecule has 3 rings (SSSR count). The van der Waals surface area contributed by atoms with Crippen LogP contribution in [0.2, 0.25) is 0 Å². The number of para-hydroxylation sites is 1. The van der Waals surface area contributed by atoms with Gasteiger partial charge in [-0.15, -0.1) is 10.2 Å². The number of benzene rings is 1. The maximum absolute atomic E-state index is 5.36. The van der Waals surface area contributed by atoms with E-state index in [-0.39, 0.29) is 0 Å². The molecule has 5 heteroatoms. The quantitative estimate of drug-likeness (QED) is 0.854. The molecule has 88 valence electrons. The van der Waals surface area contributed by atoms with E-state index in [1.165, 1.54) is 0 Å². The van der Waals surface area contributed by atoms with Gasteiger partial charge in [0.2, 0.25) is 5.95 Å². The number of ether oxygens (including phenoxy) is 1. The molecule has 0 amide bonds. The van der Waals surface area contributed by atoms with Gasteiger partial charge in [0.05, 0.1) is 12.7 Å². The molecule has 1 aromatic heterocycles. The first-order valence-corrected chi connectivity index (χ1v) is 5.70. The second-order valence-electron chi connectivity index (χ2n) is 3.98. The average molecular weight is 230 g/mol. The fourth-order valence-corrected chi connectivity index (χ4v) is 2.11. The highest BCUT2D eigenvalue weighted by Crippen LogP contribution is 2.30. The SMILES string of the molecule is COc1ccccc1-c1nnc2n1CCCN2.